The van der Waals surface area contributed by atoms with Gasteiger partial charge in [0.2, 0.25) is 11.8 Å². The number of rotatable bonds is 4. The van der Waals surface area contributed by atoms with Crippen molar-refractivity contribution in [2.24, 2.45) is 0 Å². The first-order valence-corrected chi connectivity index (χ1v) is 7.51. The summed E-state index contributed by atoms with van der Waals surface area (Å²) >= 11 is 0. The molecule has 114 valence electrons. The van der Waals surface area contributed by atoms with Crippen LogP contribution in [0.5, 0.6) is 0 Å². The first kappa shape index (κ1) is 14.2. The Morgan fingerprint density at radius 3 is 2.48 bits per heavy atom. The van der Waals surface area contributed by atoms with Gasteiger partial charge in [0.25, 0.3) is 0 Å². The van der Waals surface area contributed by atoms with Crippen molar-refractivity contribution in [1.82, 2.24) is 29.9 Å². The lowest BCUT2D eigenvalue weighted by Crippen LogP contribution is -2.34. The van der Waals surface area contributed by atoms with E-state index in [1.807, 2.05) is 13.8 Å². The number of aromatic nitrogens is 5. The Hall–Kier alpha value is -1.76. The fourth-order valence-corrected chi connectivity index (χ4v) is 2.55. The number of nitrogens with zero attached hydrogens (tertiary/aromatic N) is 6. The zero-order chi connectivity index (χ0) is 15.0. The maximum absolute atomic E-state index is 5.67. The molecule has 0 atom stereocenters. The highest BCUT2D eigenvalue weighted by Gasteiger charge is 2.23. The van der Waals surface area contributed by atoms with Crippen LogP contribution in [0.2, 0.25) is 0 Å². The quantitative estimate of drug-likeness (QED) is 0.856. The molecule has 7 nitrogen and oxygen atoms in total. The number of hydrogen-bond acceptors (Lipinski definition) is 6. The SMILES string of the molecule is CC(C)c1nnc(CN2CCn3c(nnc3C(C)C)C2)o1. The molecular formula is C14H22N6O. The molecule has 0 N–H and O–H groups in total. The highest BCUT2D eigenvalue weighted by molar-refractivity contribution is 5.02. The van der Waals surface area contributed by atoms with E-state index in [1.54, 1.807) is 0 Å². The lowest BCUT2D eigenvalue weighted by atomic mass is 10.2. The summed E-state index contributed by atoms with van der Waals surface area (Å²) < 4.78 is 7.90. The third-order valence-electron chi connectivity index (χ3n) is 3.71. The third kappa shape index (κ3) is 2.83. The molecule has 1 aliphatic rings. The predicted molar refractivity (Wildman–Crippen MR) is 76.6 cm³/mol. The van der Waals surface area contributed by atoms with Crippen LogP contribution in [0.15, 0.2) is 4.42 Å². The molecule has 0 amide bonds. The first-order valence-electron chi connectivity index (χ1n) is 7.51. The Balaban J connectivity index is 1.68. The van der Waals surface area contributed by atoms with Gasteiger partial charge in [-0.25, -0.2) is 0 Å². The molecule has 0 unspecified atom stereocenters. The van der Waals surface area contributed by atoms with E-state index in [1.165, 1.54) is 0 Å². The van der Waals surface area contributed by atoms with E-state index in [4.69, 9.17) is 4.42 Å². The molecule has 0 saturated carbocycles. The van der Waals surface area contributed by atoms with Crippen LogP contribution in [-0.4, -0.2) is 36.4 Å². The van der Waals surface area contributed by atoms with Crippen molar-refractivity contribution >= 4 is 0 Å². The van der Waals surface area contributed by atoms with Gasteiger partial charge >= 0.3 is 0 Å². The Labute approximate surface area is 124 Å². The molecule has 0 radical (unpaired) electrons. The second-order valence-corrected chi connectivity index (χ2v) is 6.18. The van der Waals surface area contributed by atoms with Crippen molar-refractivity contribution in [3.05, 3.63) is 23.4 Å². The van der Waals surface area contributed by atoms with Crippen molar-refractivity contribution in [3.8, 4) is 0 Å². The topological polar surface area (TPSA) is 72.9 Å². The molecule has 0 spiro atoms. The van der Waals surface area contributed by atoms with E-state index in [9.17, 15) is 0 Å². The number of hydrogen-bond donors (Lipinski definition) is 0. The van der Waals surface area contributed by atoms with E-state index in [0.29, 0.717) is 24.2 Å². The summed E-state index contributed by atoms with van der Waals surface area (Å²) in [6, 6.07) is 0. The van der Waals surface area contributed by atoms with Gasteiger partial charge in [0.1, 0.15) is 11.6 Å². The standard InChI is InChI=1S/C14H22N6O/c1-9(2)13-17-15-11-7-19(5-6-20(11)13)8-12-16-18-14(21-12)10(3)4/h9-10H,5-8H2,1-4H3. The van der Waals surface area contributed by atoms with Crippen LogP contribution < -0.4 is 0 Å². The minimum Gasteiger partial charge on any atom is -0.424 e. The molecule has 0 fully saturated rings. The van der Waals surface area contributed by atoms with Gasteiger partial charge in [-0.3, -0.25) is 4.90 Å². The summed E-state index contributed by atoms with van der Waals surface area (Å²) in [6.45, 7) is 11.7. The van der Waals surface area contributed by atoms with Crippen molar-refractivity contribution < 1.29 is 4.42 Å². The van der Waals surface area contributed by atoms with Crippen LogP contribution in [0.4, 0.5) is 0 Å². The minimum absolute atomic E-state index is 0.268. The van der Waals surface area contributed by atoms with Crippen LogP contribution in [0, 0.1) is 0 Å². The summed E-state index contributed by atoms with van der Waals surface area (Å²) in [4.78, 5) is 2.27. The average molecular weight is 290 g/mol. The fraction of sp³-hybridized carbons (Fsp3) is 0.714. The molecule has 2 aromatic rings. The van der Waals surface area contributed by atoms with Gasteiger partial charge in [-0.05, 0) is 0 Å². The molecule has 0 bridgehead atoms. The Morgan fingerprint density at radius 1 is 1.00 bits per heavy atom. The van der Waals surface area contributed by atoms with E-state index in [-0.39, 0.29) is 5.92 Å². The van der Waals surface area contributed by atoms with E-state index >= 15 is 0 Å². The van der Waals surface area contributed by atoms with Gasteiger partial charge < -0.3 is 8.98 Å². The fourth-order valence-electron chi connectivity index (χ4n) is 2.55. The van der Waals surface area contributed by atoms with Gasteiger partial charge in [-0.15, -0.1) is 20.4 Å². The minimum atomic E-state index is 0.268. The van der Waals surface area contributed by atoms with Crippen molar-refractivity contribution in [2.45, 2.75) is 59.2 Å². The lowest BCUT2D eigenvalue weighted by Gasteiger charge is -2.26. The molecular weight excluding hydrogens is 268 g/mol. The van der Waals surface area contributed by atoms with Crippen molar-refractivity contribution in [2.75, 3.05) is 6.54 Å². The Kier molecular flexibility index (Phi) is 3.75. The monoisotopic (exact) mass is 290 g/mol. The van der Waals surface area contributed by atoms with Gasteiger partial charge in [-0.1, -0.05) is 27.7 Å². The van der Waals surface area contributed by atoms with Crippen molar-refractivity contribution in [3.63, 3.8) is 0 Å². The Morgan fingerprint density at radius 2 is 1.81 bits per heavy atom. The zero-order valence-corrected chi connectivity index (χ0v) is 13.1. The van der Waals surface area contributed by atoms with Crippen molar-refractivity contribution in [1.29, 1.82) is 0 Å². The summed E-state index contributed by atoms with van der Waals surface area (Å²) in [7, 11) is 0. The largest absolute Gasteiger partial charge is 0.424 e. The molecule has 7 heteroatoms. The average Bonchev–Trinajstić information content (AvgIpc) is 3.04. The molecule has 3 heterocycles. The predicted octanol–water partition coefficient (Wildman–Crippen LogP) is 1.92. The second-order valence-electron chi connectivity index (χ2n) is 6.18. The van der Waals surface area contributed by atoms with E-state index in [0.717, 1.165) is 31.3 Å². The zero-order valence-electron chi connectivity index (χ0n) is 13.1. The molecule has 2 aromatic heterocycles. The van der Waals surface area contributed by atoms with E-state index < -0.39 is 0 Å². The summed E-state index contributed by atoms with van der Waals surface area (Å²) in [5, 5.41) is 16.8. The lowest BCUT2D eigenvalue weighted by molar-refractivity contribution is 0.187. The second kappa shape index (κ2) is 5.55. The maximum atomic E-state index is 5.67. The molecule has 3 rings (SSSR count). The van der Waals surface area contributed by atoms with Crippen LogP contribution in [0.25, 0.3) is 0 Å². The number of fused-ring (bicyclic) bond motifs is 1. The summed E-state index contributed by atoms with van der Waals surface area (Å²) in [5.74, 6) is 4.15. The van der Waals surface area contributed by atoms with Gasteiger partial charge in [0.15, 0.2) is 0 Å². The molecule has 21 heavy (non-hydrogen) atoms. The first-order chi connectivity index (χ1) is 10.0. The van der Waals surface area contributed by atoms with Crippen LogP contribution in [0.1, 0.15) is 63.0 Å². The molecule has 0 aliphatic carbocycles. The summed E-state index contributed by atoms with van der Waals surface area (Å²) in [5.41, 5.74) is 0. The highest BCUT2D eigenvalue weighted by atomic mass is 16.4. The maximum Gasteiger partial charge on any atom is 0.230 e. The van der Waals surface area contributed by atoms with Gasteiger partial charge in [-0.2, -0.15) is 0 Å². The normalized spacial score (nSPS) is 15.9. The van der Waals surface area contributed by atoms with Crippen LogP contribution >= 0.6 is 0 Å². The molecule has 0 aromatic carbocycles. The summed E-state index contributed by atoms with van der Waals surface area (Å²) in [6.07, 6.45) is 0. The molecule has 1 aliphatic heterocycles. The smallest absolute Gasteiger partial charge is 0.230 e. The Bertz CT molecular complexity index is 615. The third-order valence-corrected chi connectivity index (χ3v) is 3.71. The van der Waals surface area contributed by atoms with E-state index in [2.05, 4.69) is 43.7 Å². The van der Waals surface area contributed by atoms with Crippen LogP contribution in [-0.2, 0) is 19.6 Å². The van der Waals surface area contributed by atoms with Gasteiger partial charge in [0, 0.05) is 24.9 Å². The van der Waals surface area contributed by atoms with Gasteiger partial charge in [0.05, 0.1) is 13.1 Å². The highest BCUT2D eigenvalue weighted by Crippen LogP contribution is 2.20. The molecule has 0 saturated heterocycles. The van der Waals surface area contributed by atoms with Crippen LogP contribution in [0.3, 0.4) is 0 Å².